The van der Waals surface area contributed by atoms with Crippen LogP contribution in [0.25, 0.3) is 6.08 Å². The zero-order valence-electron chi connectivity index (χ0n) is 14.4. The molecule has 1 aromatic carbocycles. The van der Waals surface area contributed by atoms with E-state index in [1.807, 2.05) is 6.92 Å². The average molecular weight is 345 g/mol. The predicted octanol–water partition coefficient (Wildman–Crippen LogP) is 2.09. The molecular weight excluding hydrogens is 322 g/mol. The van der Waals surface area contributed by atoms with Crippen LogP contribution in [-0.2, 0) is 9.53 Å². The Morgan fingerprint density at radius 2 is 1.92 bits per heavy atom. The van der Waals surface area contributed by atoms with Crippen molar-refractivity contribution in [2.45, 2.75) is 38.8 Å². The number of nitrogens with one attached hydrogen (secondary N) is 1. The van der Waals surface area contributed by atoms with Gasteiger partial charge in [0.2, 0.25) is 5.91 Å². The number of phenols is 1. The number of aromatic hydroxyl groups is 1. The molecule has 6 nitrogen and oxygen atoms in total. The van der Waals surface area contributed by atoms with Crippen LogP contribution in [-0.4, -0.2) is 40.8 Å². The van der Waals surface area contributed by atoms with Gasteiger partial charge in [-0.2, -0.15) is 0 Å². The van der Waals surface area contributed by atoms with Gasteiger partial charge in [0.1, 0.15) is 17.4 Å². The molecule has 0 spiro atoms. The van der Waals surface area contributed by atoms with Crippen molar-refractivity contribution in [3.05, 3.63) is 47.1 Å². The fourth-order valence-electron chi connectivity index (χ4n) is 2.59. The third kappa shape index (κ3) is 5.19. The number of hydrogen-bond acceptors (Lipinski definition) is 5. The molecule has 1 aliphatic heterocycles. The van der Waals surface area contributed by atoms with Crippen LogP contribution in [0.2, 0.25) is 0 Å². The summed E-state index contributed by atoms with van der Waals surface area (Å²) in [6.07, 6.45) is 6.69. The van der Waals surface area contributed by atoms with Gasteiger partial charge in [-0.05, 0) is 43.5 Å². The van der Waals surface area contributed by atoms with E-state index >= 15 is 0 Å². The lowest BCUT2D eigenvalue weighted by molar-refractivity contribution is -0.117. The maximum Gasteiger partial charge on any atom is 0.342 e. The van der Waals surface area contributed by atoms with Crippen molar-refractivity contribution in [2.75, 3.05) is 6.61 Å². The number of ether oxygens (including phenoxy) is 1. The number of aliphatic hydroxyl groups is 1. The van der Waals surface area contributed by atoms with Crippen LogP contribution in [0.4, 0.5) is 0 Å². The van der Waals surface area contributed by atoms with E-state index in [1.54, 1.807) is 31.2 Å². The highest BCUT2D eigenvalue weighted by Crippen LogP contribution is 2.26. The molecule has 0 bridgehead atoms. The lowest BCUT2D eigenvalue weighted by Crippen LogP contribution is -2.36. The van der Waals surface area contributed by atoms with Gasteiger partial charge in [0.05, 0.1) is 12.6 Å². The second kappa shape index (κ2) is 8.48. The third-order valence-corrected chi connectivity index (χ3v) is 3.83. The summed E-state index contributed by atoms with van der Waals surface area (Å²) >= 11 is 0. The Morgan fingerprint density at radius 1 is 1.20 bits per heavy atom. The molecule has 3 N–H and O–H groups in total. The van der Waals surface area contributed by atoms with Gasteiger partial charge in [0.25, 0.3) is 0 Å². The smallest absolute Gasteiger partial charge is 0.342 e. The number of phenolic OH excluding ortho intramolecular Hbond substituents is 1. The van der Waals surface area contributed by atoms with E-state index < -0.39 is 18.1 Å². The zero-order chi connectivity index (χ0) is 18.4. The second-order valence-corrected chi connectivity index (χ2v) is 6.13. The molecule has 1 heterocycles. The normalized spacial score (nSPS) is 24.4. The summed E-state index contributed by atoms with van der Waals surface area (Å²) in [6.45, 7) is 3.33. The van der Waals surface area contributed by atoms with Gasteiger partial charge in [0, 0.05) is 6.42 Å². The molecule has 1 aromatic rings. The molecular formula is C19H23NO5. The van der Waals surface area contributed by atoms with Crippen LogP contribution in [0.3, 0.4) is 0 Å². The van der Waals surface area contributed by atoms with Gasteiger partial charge in [-0.3, -0.25) is 4.79 Å². The van der Waals surface area contributed by atoms with Gasteiger partial charge in [-0.1, -0.05) is 24.3 Å². The molecule has 0 saturated carbocycles. The second-order valence-electron chi connectivity index (χ2n) is 6.13. The average Bonchev–Trinajstić information content (AvgIpc) is 2.52. The van der Waals surface area contributed by atoms with Crippen LogP contribution in [0.15, 0.2) is 30.4 Å². The molecule has 2 atom stereocenters. The summed E-state index contributed by atoms with van der Waals surface area (Å²) < 4.78 is 5.36. The van der Waals surface area contributed by atoms with Gasteiger partial charge >= 0.3 is 5.97 Å². The van der Waals surface area contributed by atoms with Crippen molar-refractivity contribution in [1.82, 2.24) is 5.32 Å². The Kier molecular flexibility index (Phi) is 6.36. The van der Waals surface area contributed by atoms with Crippen molar-refractivity contribution in [2.24, 2.45) is 0 Å². The van der Waals surface area contributed by atoms with E-state index in [0.29, 0.717) is 18.4 Å². The van der Waals surface area contributed by atoms with Crippen LogP contribution in [0.1, 0.15) is 41.3 Å². The molecule has 1 aliphatic rings. The molecule has 6 heteroatoms. The van der Waals surface area contributed by atoms with Gasteiger partial charge < -0.3 is 20.3 Å². The lowest BCUT2D eigenvalue weighted by atomic mass is 10.0. The summed E-state index contributed by atoms with van der Waals surface area (Å²) in [5.74, 6) is -1.05. The minimum absolute atomic E-state index is 0.110. The molecule has 0 saturated heterocycles. The minimum Gasteiger partial charge on any atom is -0.507 e. The van der Waals surface area contributed by atoms with Crippen molar-refractivity contribution >= 4 is 18.0 Å². The summed E-state index contributed by atoms with van der Waals surface area (Å²) in [4.78, 5) is 24.3. The van der Waals surface area contributed by atoms with E-state index in [-0.39, 0.29) is 23.8 Å². The Hall–Kier alpha value is -2.60. The van der Waals surface area contributed by atoms with Crippen molar-refractivity contribution in [1.29, 1.82) is 0 Å². The van der Waals surface area contributed by atoms with Crippen LogP contribution >= 0.6 is 0 Å². The highest BCUT2D eigenvalue weighted by molar-refractivity contribution is 5.97. The first-order valence-corrected chi connectivity index (χ1v) is 8.19. The summed E-state index contributed by atoms with van der Waals surface area (Å²) in [7, 11) is 0. The number of benzene rings is 1. The molecule has 134 valence electrons. The van der Waals surface area contributed by atoms with Gasteiger partial charge in [-0.25, -0.2) is 4.79 Å². The Balaban J connectivity index is 2.41. The first kappa shape index (κ1) is 18.7. The summed E-state index contributed by atoms with van der Waals surface area (Å²) in [6, 6.07) is 2.86. The predicted molar refractivity (Wildman–Crippen MR) is 94.1 cm³/mol. The Labute approximate surface area is 146 Å². The van der Waals surface area contributed by atoms with Gasteiger partial charge in [0.15, 0.2) is 0 Å². The number of aryl methyl sites for hydroxylation is 1. The molecule has 0 radical (unpaired) electrons. The SMILES string of the molecule is Cc1cc(O)c2c(c1)/C=C/CC(CO)NC(=O)/C=C\C[C@H](C)OC2=O. The van der Waals surface area contributed by atoms with E-state index in [2.05, 4.69) is 5.32 Å². The zero-order valence-corrected chi connectivity index (χ0v) is 14.4. The highest BCUT2D eigenvalue weighted by atomic mass is 16.5. The quantitative estimate of drug-likeness (QED) is 0.677. The van der Waals surface area contributed by atoms with Crippen molar-refractivity contribution < 1.29 is 24.5 Å². The topological polar surface area (TPSA) is 95.9 Å². The maximum absolute atomic E-state index is 12.4. The molecule has 25 heavy (non-hydrogen) atoms. The Morgan fingerprint density at radius 3 is 2.64 bits per heavy atom. The van der Waals surface area contributed by atoms with E-state index in [9.17, 15) is 19.8 Å². The number of cyclic esters (lactones) is 1. The van der Waals surface area contributed by atoms with Gasteiger partial charge in [-0.15, -0.1) is 0 Å². The van der Waals surface area contributed by atoms with Crippen LogP contribution < -0.4 is 5.32 Å². The number of aliphatic hydroxyl groups excluding tert-OH is 1. The van der Waals surface area contributed by atoms with E-state index in [0.717, 1.165) is 5.56 Å². The van der Waals surface area contributed by atoms with Crippen molar-refractivity contribution in [3.8, 4) is 5.75 Å². The molecule has 0 fully saturated rings. The minimum atomic E-state index is -0.613. The summed E-state index contributed by atoms with van der Waals surface area (Å²) in [5.41, 5.74) is 1.45. The maximum atomic E-state index is 12.4. The monoisotopic (exact) mass is 345 g/mol. The number of fused-ring (bicyclic) bond motifs is 1. The molecule has 1 unspecified atom stereocenters. The molecule has 0 aliphatic carbocycles. The largest absolute Gasteiger partial charge is 0.507 e. The fraction of sp³-hybridized carbons (Fsp3) is 0.368. The standard InChI is InChI=1S/C19H23NO5/c1-12-9-14-6-4-7-15(11-21)20-17(23)8-3-5-13(2)25-19(24)18(14)16(22)10-12/h3-4,6,8-10,13,15,21-22H,5,7,11H2,1-2H3,(H,20,23)/b6-4+,8-3-/t13-,15?/m0/s1. The number of hydrogen-bond donors (Lipinski definition) is 3. The molecule has 0 aromatic heterocycles. The first-order valence-electron chi connectivity index (χ1n) is 8.19. The number of carbonyl (C=O) groups excluding carboxylic acids is 2. The van der Waals surface area contributed by atoms with Crippen LogP contribution in [0, 0.1) is 6.92 Å². The number of carbonyl (C=O) groups is 2. The van der Waals surface area contributed by atoms with Crippen LogP contribution in [0.5, 0.6) is 5.75 Å². The van der Waals surface area contributed by atoms with Crippen molar-refractivity contribution in [3.63, 3.8) is 0 Å². The number of rotatable bonds is 1. The molecule has 1 amide bonds. The Bertz CT molecular complexity index is 708. The third-order valence-electron chi connectivity index (χ3n) is 3.83. The highest BCUT2D eigenvalue weighted by Gasteiger charge is 2.20. The lowest BCUT2D eigenvalue weighted by Gasteiger charge is -2.16. The number of esters is 1. The molecule has 2 rings (SSSR count). The fourth-order valence-corrected chi connectivity index (χ4v) is 2.59. The number of amides is 1. The summed E-state index contributed by atoms with van der Waals surface area (Å²) in [5, 5.41) is 22.3. The first-order chi connectivity index (χ1) is 11.9. The van der Waals surface area contributed by atoms with E-state index in [1.165, 1.54) is 12.1 Å². The van der Waals surface area contributed by atoms with E-state index in [4.69, 9.17) is 4.74 Å².